The normalized spacial score (nSPS) is 28.0. The molecular formula is C18H22FN3O3. The summed E-state index contributed by atoms with van der Waals surface area (Å²) >= 11 is 0. The highest BCUT2D eigenvalue weighted by atomic mass is 19.1. The fraction of sp³-hybridized carbons (Fsp3) is 0.500. The monoisotopic (exact) mass is 347 g/mol. The topological polar surface area (TPSA) is 101 Å². The molecule has 1 aromatic carbocycles. The van der Waals surface area contributed by atoms with E-state index in [-0.39, 0.29) is 41.4 Å². The summed E-state index contributed by atoms with van der Waals surface area (Å²) in [7, 11) is 0. The molecule has 2 atom stereocenters. The number of urea groups is 1. The van der Waals surface area contributed by atoms with Crippen LogP contribution in [0, 0.1) is 17.7 Å². The fourth-order valence-electron chi connectivity index (χ4n) is 3.59. The van der Waals surface area contributed by atoms with Gasteiger partial charge in [-0.05, 0) is 55.7 Å². The SMILES string of the molecule is NC(=O)NC(=O)C1CCC(NC(=O)C2CC2c2ccc(F)cc2)CC1. The van der Waals surface area contributed by atoms with E-state index in [9.17, 15) is 18.8 Å². The van der Waals surface area contributed by atoms with Crippen molar-refractivity contribution in [3.05, 3.63) is 35.6 Å². The van der Waals surface area contributed by atoms with Gasteiger partial charge < -0.3 is 11.1 Å². The van der Waals surface area contributed by atoms with E-state index >= 15 is 0 Å². The number of rotatable bonds is 4. The lowest BCUT2D eigenvalue weighted by molar-refractivity contribution is -0.125. The number of hydrogen-bond acceptors (Lipinski definition) is 3. The van der Waals surface area contributed by atoms with Crippen molar-refractivity contribution < 1.29 is 18.8 Å². The Morgan fingerprint density at radius 2 is 1.64 bits per heavy atom. The van der Waals surface area contributed by atoms with Gasteiger partial charge in [0.25, 0.3) is 0 Å². The zero-order valence-electron chi connectivity index (χ0n) is 13.8. The van der Waals surface area contributed by atoms with E-state index in [2.05, 4.69) is 10.6 Å². The third-order valence-electron chi connectivity index (χ3n) is 5.12. The highest BCUT2D eigenvalue weighted by Crippen LogP contribution is 2.47. The third kappa shape index (κ3) is 4.35. The van der Waals surface area contributed by atoms with Crippen LogP contribution in [-0.2, 0) is 9.59 Å². The van der Waals surface area contributed by atoms with Gasteiger partial charge in [-0.1, -0.05) is 12.1 Å². The molecule has 2 aliphatic carbocycles. The maximum Gasteiger partial charge on any atom is 0.318 e. The fourth-order valence-corrected chi connectivity index (χ4v) is 3.59. The second-order valence-corrected chi connectivity index (χ2v) is 6.91. The lowest BCUT2D eigenvalue weighted by atomic mass is 9.85. The lowest BCUT2D eigenvalue weighted by Gasteiger charge is -2.28. The van der Waals surface area contributed by atoms with Gasteiger partial charge >= 0.3 is 6.03 Å². The predicted octanol–water partition coefficient (Wildman–Crippen LogP) is 1.80. The summed E-state index contributed by atoms with van der Waals surface area (Å²) in [5.74, 6) is -0.703. The molecule has 0 bridgehead atoms. The third-order valence-corrected chi connectivity index (χ3v) is 5.12. The number of carbonyl (C=O) groups excluding carboxylic acids is 3. The first-order valence-electron chi connectivity index (χ1n) is 8.60. The first-order valence-corrected chi connectivity index (χ1v) is 8.60. The molecule has 2 fully saturated rings. The number of carbonyl (C=O) groups is 3. The zero-order valence-corrected chi connectivity index (χ0v) is 13.8. The van der Waals surface area contributed by atoms with Crippen LogP contribution in [0.4, 0.5) is 9.18 Å². The Morgan fingerprint density at radius 1 is 1.00 bits per heavy atom. The van der Waals surface area contributed by atoms with Crippen LogP contribution in [0.25, 0.3) is 0 Å². The van der Waals surface area contributed by atoms with Gasteiger partial charge in [0.1, 0.15) is 5.82 Å². The highest BCUT2D eigenvalue weighted by molar-refractivity contribution is 5.94. The summed E-state index contributed by atoms with van der Waals surface area (Å²) in [6.45, 7) is 0. The van der Waals surface area contributed by atoms with Crippen molar-refractivity contribution in [1.82, 2.24) is 10.6 Å². The van der Waals surface area contributed by atoms with Crippen molar-refractivity contribution in [1.29, 1.82) is 0 Å². The molecule has 6 nitrogen and oxygen atoms in total. The molecular weight excluding hydrogens is 325 g/mol. The van der Waals surface area contributed by atoms with Crippen LogP contribution in [0.5, 0.6) is 0 Å². The van der Waals surface area contributed by atoms with Crippen LogP contribution in [0.1, 0.15) is 43.6 Å². The van der Waals surface area contributed by atoms with E-state index in [0.29, 0.717) is 25.7 Å². The molecule has 134 valence electrons. The van der Waals surface area contributed by atoms with Crippen LogP contribution in [0.15, 0.2) is 24.3 Å². The molecule has 2 aliphatic rings. The molecule has 0 radical (unpaired) electrons. The first kappa shape index (κ1) is 17.4. The number of nitrogens with one attached hydrogen (secondary N) is 2. The van der Waals surface area contributed by atoms with Gasteiger partial charge in [-0.2, -0.15) is 0 Å². The molecule has 25 heavy (non-hydrogen) atoms. The second kappa shape index (κ2) is 7.21. The Balaban J connectivity index is 1.44. The van der Waals surface area contributed by atoms with Crippen LogP contribution < -0.4 is 16.4 Å². The van der Waals surface area contributed by atoms with Gasteiger partial charge in [0.15, 0.2) is 0 Å². The summed E-state index contributed by atoms with van der Waals surface area (Å²) in [6.07, 6.45) is 3.44. The predicted molar refractivity (Wildman–Crippen MR) is 88.9 cm³/mol. The molecule has 7 heteroatoms. The van der Waals surface area contributed by atoms with Crippen molar-refractivity contribution in [2.75, 3.05) is 0 Å². The summed E-state index contributed by atoms with van der Waals surface area (Å²) < 4.78 is 13.0. The molecule has 0 heterocycles. The highest BCUT2D eigenvalue weighted by Gasteiger charge is 2.44. The van der Waals surface area contributed by atoms with E-state index in [4.69, 9.17) is 5.73 Å². The summed E-state index contributed by atoms with van der Waals surface area (Å²) in [5, 5.41) is 5.17. The van der Waals surface area contributed by atoms with Gasteiger partial charge in [0.2, 0.25) is 11.8 Å². The molecule has 0 aromatic heterocycles. The van der Waals surface area contributed by atoms with E-state index in [0.717, 1.165) is 12.0 Å². The largest absolute Gasteiger partial charge is 0.353 e. The van der Waals surface area contributed by atoms with Crippen LogP contribution in [-0.4, -0.2) is 23.9 Å². The molecule has 1 aromatic rings. The molecule has 2 unspecified atom stereocenters. The summed E-state index contributed by atoms with van der Waals surface area (Å²) in [4.78, 5) is 34.8. The average molecular weight is 347 g/mol. The minimum absolute atomic E-state index is 0.0272. The Morgan fingerprint density at radius 3 is 2.24 bits per heavy atom. The number of hydrogen-bond donors (Lipinski definition) is 3. The lowest BCUT2D eigenvalue weighted by Crippen LogP contribution is -2.43. The maximum atomic E-state index is 13.0. The minimum Gasteiger partial charge on any atom is -0.353 e. The van der Waals surface area contributed by atoms with Gasteiger partial charge in [-0.15, -0.1) is 0 Å². The Labute approximate surface area is 145 Å². The van der Waals surface area contributed by atoms with Gasteiger partial charge in [0.05, 0.1) is 0 Å². The standard InChI is InChI=1S/C18H22FN3O3/c19-12-5-1-10(2-6-12)14-9-15(14)17(24)21-13-7-3-11(4-8-13)16(23)22-18(20)25/h1-2,5-6,11,13-15H,3-4,7-9H2,(H,21,24)(H3,20,22,23,25). The molecule has 4 amide bonds. The van der Waals surface area contributed by atoms with Crippen LogP contribution in [0.2, 0.25) is 0 Å². The van der Waals surface area contributed by atoms with Crippen molar-refractivity contribution in [2.24, 2.45) is 17.6 Å². The minimum atomic E-state index is -0.832. The number of nitrogens with two attached hydrogens (primary N) is 1. The molecule has 0 aliphatic heterocycles. The zero-order chi connectivity index (χ0) is 18.0. The van der Waals surface area contributed by atoms with Crippen LogP contribution >= 0.6 is 0 Å². The van der Waals surface area contributed by atoms with Gasteiger partial charge in [-0.25, -0.2) is 9.18 Å². The molecule has 2 saturated carbocycles. The number of halogens is 1. The smallest absolute Gasteiger partial charge is 0.318 e. The van der Waals surface area contributed by atoms with E-state index in [1.807, 2.05) is 0 Å². The van der Waals surface area contributed by atoms with Gasteiger partial charge in [-0.3, -0.25) is 14.9 Å². The Kier molecular flexibility index (Phi) is 5.01. The molecule has 0 spiro atoms. The van der Waals surface area contributed by atoms with Crippen molar-refractivity contribution in [3.63, 3.8) is 0 Å². The molecule has 0 saturated heterocycles. The van der Waals surface area contributed by atoms with Crippen LogP contribution in [0.3, 0.4) is 0 Å². The quantitative estimate of drug-likeness (QED) is 0.774. The van der Waals surface area contributed by atoms with Gasteiger partial charge in [0, 0.05) is 17.9 Å². The number of benzene rings is 1. The Hall–Kier alpha value is -2.44. The summed E-state index contributed by atoms with van der Waals surface area (Å²) in [5.41, 5.74) is 5.95. The second-order valence-electron chi connectivity index (χ2n) is 6.91. The van der Waals surface area contributed by atoms with Crippen molar-refractivity contribution in [3.8, 4) is 0 Å². The maximum absolute atomic E-state index is 13.0. The number of primary amides is 1. The number of amides is 4. The summed E-state index contributed by atoms with van der Waals surface area (Å²) in [6, 6.07) is 5.52. The molecule has 3 rings (SSSR count). The molecule has 4 N–H and O–H groups in total. The van der Waals surface area contributed by atoms with Crippen molar-refractivity contribution >= 4 is 17.8 Å². The Bertz CT molecular complexity index is 669. The number of imide groups is 1. The van der Waals surface area contributed by atoms with E-state index in [1.54, 1.807) is 12.1 Å². The van der Waals surface area contributed by atoms with E-state index in [1.165, 1.54) is 12.1 Å². The van der Waals surface area contributed by atoms with E-state index < -0.39 is 6.03 Å². The van der Waals surface area contributed by atoms with Crippen molar-refractivity contribution in [2.45, 2.75) is 44.1 Å². The average Bonchev–Trinajstić information content (AvgIpc) is 3.36. The first-order chi connectivity index (χ1) is 11.9.